The first-order chi connectivity index (χ1) is 7.65. The Labute approximate surface area is 98.9 Å². The fourth-order valence-corrected chi connectivity index (χ4v) is 1.40. The quantitative estimate of drug-likeness (QED) is 0.636. The van der Waals surface area contributed by atoms with Gasteiger partial charge in [0.1, 0.15) is 5.75 Å². The summed E-state index contributed by atoms with van der Waals surface area (Å²) in [6, 6.07) is 9.09. The Kier molecular flexibility index (Phi) is 2.91. The van der Waals surface area contributed by atoms with Gasteiger partial charge in [0.05, 0.1) is 4.92 Å². The molecule has 0 aliphatic heterocycles. The molecule has 0 aliphatic rings. The molecule has 0 unspecified atom stereocenters. The molecule has 16 heavy (non-hydrogen) atoms. The molecule has 0 saturated carbocycles. The summed E-state index contributed by atoms with van der Waals surface area (Å²) < 4.78 is 11.0. The minimum absolute atomic E-state index is 0.0213. The lowest BCUT2D eigenvalue weighted by Gasteiger charge is -2.00. The zero-order valence-electron chi connectivity index (χ0n) is 7.92. The maximum atomic E-state index is 10.4. The number of rotatable bonds is 3. The number of non-ortho nitro benzene ring substituents is 1. The third kappa shape index (κ3) is 2.40. The largest absolute Gasteiger partial charge is 0.426 e. The van der Waals surface area contributed by atoms with Gasteiger partial charge >= 0.3 is 0 Å². The van der Waals surface area contributed by atoms with Crippen LogP contribution >= 0.6 is 15.9 Å². The second kappa shape index (κ2) is 4.36. The summed E-state index contributed by atoms with van der Waals surface area (Å²) in [5.41, 5.74) is 0.0213. The summed E-state index contributed by atoms with van der Waals surface area (Å²) in [6.07, 6.45) is 0. The number of furan rings is 1. The number of benzene rings is 1. The van der Waals surface area contributed by atoms with Gasteiger partial charge < -0.3 is 9.15 Å². The third-order valence-corrected chi connectivity index (χ3v) is 2.24. The molecule has 0 spiro atoms. The fourth-order valence-electron chi connectivity index (χ4n) is 1.10. The summed E-state index contributed by atoms with van der Waals surface area (Å²) in [7, 11) is 0. The molecule has 0 bridgehead atoms. The predicted octanol–water partition coefficient (Wildman–Crippen LogP) is 3.74. The highest BCUT2D eigenvalue weighted by Crippen LogP contribution is 2.27. The molecule has 0 atom stereocenters. The van der Waals surface area contributed by atoms with Gasteiger partial charge in [-0.1, -0.05) is 0 Å². The second-order valence-electron chi connectivity index (χ2n) is 2.91. The molecule has 2 rings (SSSR count). The van der Waals surface area contributed by atoms with E-state index in [2.05, 4.69) is 15.9 Å². The van der Waals surface area contributed by atoms with Gasteiger partial charge in [0.25, 0.3) is 11.6 Å². The van der Waals surface area contributed by atoms with E-state index in [0.29, 0.717) is 16.4 Å². The van der Waals surface area contributed by atoms with Crippen molar-refractivity contribution in [3.63, 3.8) is 0 Å². The molecule has 0 saturated heterocycles. The van der Waals surface area contributed by atoms with E-state index in [9.17, 15) is 10.1 Å². The Morgan fingerprint density at radius 1 is 1.19 bits per heavy atom. The Morgan fingerprint density at radius 2 is 1.88 bits per heavy atom. The summed E-state index contributed by atoms with van der Waals surface area (Å²) in [5, 5.41) is 10.4. The topological polar surface area (TPSA) is 65.5 Å². The maximum absolute atomic E-state index is 10.4. The zero-order valence-corrected chi connectivity index (χ0v) is 9.51. The SMILES string of the molecule is O=[N+]([O-])c1ccc(Oc2ccc(Br)o2)cc1. The lowest BCUT2D eigenvalue weighted by molar-refractivity contribution is -0.384. The van der Waals surface area contributed by atoms with Crippen LogP contribution in [-0.2, 0) is 0 Å². The Bertz CT molecular complexity index is 506. The van der Waals surface area contributed by atoms with E-state index in [1.807, 2.05) is 0 Å². The van der Waals surface area contributed by atoms with E-state index in [1.54, 1.807) is 12.1 Å². The van der Waals surface area contributed by atoms with Crippen LogP contribution in [0, 0.1) is 10.1 Å². The van der Waals surface area contributed by atoms with Gasteiger partial charge in [-0.25, -0.2) is 0 Å². The minimum Gasteiger partial charge on any atom is -0.426 e. The number of nitrogens with zero attached hydrogens (tertiary/aromatic N) is 1. The number of nitro groups is 1. The minimum atomic E-state index is -0.465. The van der Waals surface area contributed by atoms with E-state index >= 15 is 0 Å². The Hall–Kier alpha value is -1.82. The molecule has 1 aromatic carbocycles. The van der Waals surface area contributed by atoms with Crippen molar-refractivity contribution in [3.8, 4) is 11.7 Å². The van der Waals surface area contributed by atoms with E-state index in [0.717, 1.165) is 0 Å². The normalized spacial score (nSPS) is 10.1. The van der Waals surface area contributed by atoms with E-state index in [4.69, 9.17) is 9.15 Å². The van der Waals surface area contributed by atoms with Crippen molar-refractivity contribution in [3.05, 3.63) is 51.2 Å². The van der Waals surface area contributed by atoms with Crippen LogP contribution in [-0.4, -0.2) is 4.92 Å². The molecule has 0 N–H and O–H groups in total. The molecule has 5 nitrogen and oxygen atoms in total. The highest BCUT2D eigenvalue weighted by molar-refractivity contribution is 9.10. The van der Waals surface area contributed by atoms with Crippen molar-refractivity contribution in [1.29, 1.82) is 0 Å². The predicted molar refractivity (Wildman–Crippen MR) is 59.6 cm³/mol. The average molecular weight is 284 g/mol. The third-order valence-electron chi connectivity index (χ3n) is 1.81. The van der Waals surface area contributed by atoms with Gasteiger partial charge in [0, 0.05) is 18.2 Å². The van der Waals surface area contributed by atoms with Crippen molar-refractivity contribution >= 4 is 21.6 Å². The average Bonchev–Trinajstić information content (AvgIpc) is 2.65. The maximum Gasteiger partial charge on any atom is 0.290 e. The standard InChI is InChI=1S/C10H6BrNO4/c11-9-5-6-10(16-9)15-8-3-1-7(2-4-8)12(13)14/h1-6H. The highest BCUT2D eigenvalue weighted by Gasteiger charge is 2.06. The molecule has 2 aromatic rings. The monoisotopic (exact) mass is 283 g/mol. The van der Waals surface area contributed by atoms with E-state index < -0.39 is 4.92 Å². The van der Waals surface area contributed by atoms with Gasteiger partial charge in [-0.2, -0.15) is 0 Å². The van der Waals surface area contributed by atoms with Crippen LogP contribution in [0.25, 0.3) is 0 Å². The summed E-state index contributed by atoms with van der Waals surface area (Å²) in [5.74, 6) is 0.799. The molecule has 0 aliphatic carbocycles. The molecule has 1 aromatic heterocycles. The van der Waals surface area contributed by atoms with Gasteiger partial charge in [-0.15, -0.1) is 0 Å². The number of halogens is 1. The molecule has 82 valence electrons. The lowest BCUT2D eigenvalue weighted by Crippen LogP contribution is -1.87. The van der Waals surface area contributed by atoms with Crippen LogP contribution in [0.3, 0.4) is 0 Å². The van der Waals surface area contributed by atoms with Crippen LogP contribution in [0.4, 0.5) is 5.69 Å². The first-order valence-electron chi connectivity index (χ1n) is 4.33. The molecule has 6 heteroatoms. The molecule has 1 heterocycles. The molecular weight excluding hydrogens is 278 g/mol. The van der Waals surface area contributed by atoms with Gasteiger partial charge in [0.2, 0.25) is 0 Å². The van der Waals surface area contributed by atoms with Crippen molar-refractivity contribution in [2.24, 2.45) is 0 Å². The smallest absolute Gasteiger partial charge is 0.290 e. The zero-order chi connectivity index (χ0) is 11.5. The first-order valence-corrected chi connectivity index (χ1v) is 5.12. The van der Waals surface area contributed by atoms with E-state index in [-0.39, 0.29) is 5.69 Å². The van der Waals surface area contributed by atoms with E-state index in [1.165, 1.54) is 24.3 Å². The van der Waals surface area contributed by atoms with Crippen LogP contribution in [0.1, 0.15) is 0 Å². The molecule has 0 amide bonds. The van der Waals surface area contributed by atoms with Crippen molar-refractivity contribution in [1.82, 2.24) is 0 Å². The molecule has 0 fully saturated rings. The van der Waals surface area contributed by atoms with Crippen molar-refractivity contribution < 1.29 is 14.1 Å². The van der Waals surface area contributed by atoms with Crippen molar-refractivity contribution in [2.75, 3.05) is 0 Å². The number of nitro benzene ring substituents is 1. The van der Waals surface area contributed by atoms with Crippen LogP contribution < -0.4 is 4.74 Å². The fraction of sp³-hybridized carbons (Fsp3) is 0. The summed E-state index contributed by atoms with van der Waals surface area (Å²) in [6.45, 7) is 0. The molecular formula is C10H6BrNO4. The van der Waals surface area contributed by atoms with Crippen LogP contribution in [0.2, 0.25) is 0 Å². The number of hydrogen-bond acceptors (Lipinski definition) is 4. The van der Waals surface area contributed by atoms with Crippen LogP contribution in [0.15, 0.2) is 45.5 Å². The first kappa shape index (κ1) is 10.7. The Morgan fingerprint density at radius 3 is 2.38 bits per heavy atom. The van der Waals surface area contributed by atoms with Crippen molar-refractivity contribution in [2.45, 2.75) is 0 Å². The van der Waals surface area contributed by atoms with Crippen LogP contribution in [0.5, 0.6) is 11.7 Å². The number of ether oxygens (including phenoxy) is 1. The summed E-state index contributed by atoms with van der Waals surface area (Å²) >= 11 is 3.14. The van der Waals surface area contributed by atoms with Gasteiger partial charge in [-0.05, 0) is 34.1 Å². The van der Waals surface area contributed by atoms with Gasteiger partial charge in [-0.3, -0.25) is 10.1 Å². The molecule has 0 radical (unpaired) electrons. The lowest BCUT2D eigenvalue weighted by atomic mass is 10.3. The highest BCUT2D eigenvalue weighted by atomic mass is 79.9. The second-order valence-corrected chi connectivity index (χ2v) is 3.69. The number of hydrogen-bond donors (Lipinski definition) is 0. The van der Waals surface area contributed by atoms with Gasteiger partial charge in [0.15, 0.2) is 4.67 Å². The Balaban J connectivity index is 2.14. The summed E-state index contributed by atoms with van der Waals surface area (Å²) in [4.78, 5) is 9.95.